The van der Waals surface area contributed by atoms with Gasteiger partial charge in [-0.2, -0.15) is 0 Å². The van der Waals surface area contributed by atoms with Crippen molar-refractivity contribution in [2.45, 2.75) is 26.7 Å². The summed E-state index contributed by atoms with van der Waals surface area (Å²) in [5.41, 5.74) is 2.60. The van der Waals surface area contributed by atoms with Gasteiger partial charge in [0, 0.05) is 0 Å². The Balaban J connectivity index is 1.66. The number of ether oxygens (including phenoxy) is 2. The maximum absolute atomic E-state index is 6.38. The van der Waals surface area contributed by atoms with Crippen LogP contribution in [-0.2, 0) is 12.8 Å². The predicted octanol–water partition coefficient (Wildman–Crippen LogP) is 4.60. The van der Waals surface area contributed by atoms with Gasteiger partial charge in [-0.15, -0.1) is 0 Å². The topological polar surface area (TPSA) is 18.5 Å². The van der Waals surface area contributed by atoms with Crippen molar-refractivity contribution >= 4 is 14.5 Å². The summed E-state index contributed by atoms with van der Waals surface area (Å²) >= 11 is 0.378. The van der Waals surface area contributed by atoms with Gasteiger partial charge in [0.2, 0.25) is 0 Å². The van der Waals surface area contributed by atoms with Crippen LogP contribution < -0.4 is 9.47 Å². The minimum atomic E-state index is -0.0688. The fourth-order valence-corrected chi connectivity index (χ4v) is 5.78. The molecule has 0 saturated heterocycles. The molecule has 0 bridgehead atoms. The van der Waals surface area contributed by atoms with Gasteiger partial charge in [0.15, 0.2) is 0 Å². The van der Waals surface area contributed by atoms with E-state index >= 15 is 0 Å². The first-order valence-electron chi connectivity index (χ1n) is 9.09. The maximum atomic E-state index is 6.38. The van der Waals surface area contributed by atoms with E-state index in [1.54, 1.807) is 0 Å². The zero-order valence-corrected chi connectivity index (χ0v) is 17.0. The molecule has 3 heteroatoms. The minimum absolute atomic E-state index is 0.0688. The zero-order chi connectivity index (χ0) is 18.0. The third kappa shape index (κ3) is 3.60. The van der Waals surface area contributed by atoms with Crippen molar-refractivity contribution in [1.29, 1.82) is 0 Å². The Kier molecular flexibility index (Phi) is 4.93. The molecule has 2 nitrogen and oxygen atoms in total. The number of fused-ring (bicyclic) bond motifs is 1. The molecule has 0 aliphatic carbocycles. The van der Waals surface area contributed by atoms with E-state index in [0.29, 0.717) is 27.7 Å². The zero-order valence-electron chi connectivity index (χ0n) is 15.3. The van der Waals surface area contributed by atoms with E-state index in [0.717, 1.165) is 24.3 Å². The molecule has 4 rings (SSSR count). The van der Waals surface area contributed by atoms with E-state index in [9.17, 15) is 0 Å². The quantitative estimate of drug-likeness (QED) is 0.584. The monoisotopic (exact) mass is 412 g/mol. The van der Waals surface area contributed by atoms with Crippen molar-refractivity contribution in [2.75, 3.05) is 13.2 Å². The normalized spacial score (nSPS) is 15.5. The summed E-state index contributed by atoms with van der Waals surface area (Å²) in [6.07, 6.45) is 1.90. The van der Waals surface area contributed by atoms with Gasteiger partial charge >= 0.3 is 161 Å². The number of aryl methyl sites for hydroxylation is 2. The summed E-state index contributed by atoms with van der Waals surface area (Å²) in [5.74, 6) is 2.01. The molecule has 1 aliphatic heterocycles. The first kappa shape index (κ1) is 17.5. The van der Waals surface area contributed by atoms with Gasteiger partial charge in [0.25, 0.3) is 0 Å². The van der Waals surface area contributed by atoms with E-state index in [1.807, 2.05) is 0 Å². The first-order valence-corrected chi connectivity index (χ1v) is 10.8. The molecule has 2 heterocycles. The van der Waals surface area contributed by atoms with Gasteiger partial charge in [-0.1, -0.05) is 0 Å². The van der Waals surface area contributed by atoms with Gasteiger partial charge in [-0.3, -0.25) is 0 Å². The number of benzene rings is 2. The molecule has 26 heavy (non-hydrogen) atoms. The Morgan fingerprint density at radius 2 is 1.15 bits per heavy atom. The molecule has 0 N–H and O–H groups in total. The summed E-state index contributed by atoms with van der Waals surface area (Å²) in [4.78, 5) is 0. The number of hydrogen-bond donors (Lipinski definition) is 0. The fourth-order valence-electron chi connectivity index (χ4n) is 3.79. The van der Waals surface area contributed by atoms with Crippen molar-refractivity contribution in [3.05, 3.63) is 80.7 Å². The molecular weight excluding hydrogens is 387 g/mol. The third-order valence-corrected chi connectivity index (χ3v) is 7.10. The Hall–Kier alpha value is -1.96. The van der Waals surface area contributed by atoms with Crippen LogP contribution in [-0.4, -0.2) is 27.7 Å². The van der Waals surface area contributed by atoms with Gasteiger partial charge in [-0.25, -0.2) is 0 Å². The Labute approximate surface area is 161 Å². The van der Waals surface area contributed by atoms with Crippen LogP contribution in [0.2, 0.25) is 0 Å². The summed E-state index contributed by atoms with van der Waals surface area (Å²) in [6, 6.07) is 21.4. The molecule has 134 valence electrons. The average molecular weight is 411 g/mol. The molecule has 1 aliphatic rings. The fraction of sp³-hybridized carbons (Fsp3) is 0.304. The molecule has 0 atom stereocenters. The van der Waals surface area contributed by atoms with Crippen LogP contribution in [0.3, 0.4) is 0 Å². The molecule has 0 amide bonds. The first-order chi connectivity index (χ1) is 12.7. The van der Waals surface area contributed by atoms with Crippen LogP contribution >= 0.6 is 0 Å². The van der Waals surface area contributed by atoms with Crippen LogP contribution in [0.1, 0.15) is 20.0 Å². The van der Waals surface area contributed by atoms with Crippen LogP contribution in [0.15, 0.2) is 60.7 Å². The van der Waals surface area contributed by atoms with Gasteiger partial charge in [0.05, 0.1) is 0 Å². The SMILES string of the molecule is Cc1[se]c(C)c2c1OCC(Cc1ccccc1)(Cc1ccccc1)CO2. The summed E-state index contributed by atoms with van der Waals surface area (Å²) < 4.78 is 15.5. The second-order valence-electron chi connectivity index (χ2n) is 7.27. The van der Waals surface area contributed by atoms with Crippen molar-refractivity contribution < 1.29 is 9.47 Å². The van der Waals surface area contributed by atoms with Crippen molar-refractivity contribution in [2.24, 2.45) is 5.41 Å². The average Bonchev–Trinajstić information content (AvgIpc) is 2.80. The molecule has 3 aromatic rings. The predicted molar refractivity (Wildman–Crippen MR) is 107 cm³/mol. The number of hydrogen-bond acceptors (Lipinski definition) is 2. The molecule has 1 aromatic heterocycles. The summed E-state index contributed by atoms with van der Waals surface area (Å²) in [6.45, 7) is 5.74. The second kappa shape index (κ2) is 7.34. The number of rotatable bonds is 4. The standard InChI is InChI=1S/C23H24O2Se/c1-17-21-22(18(2)26-17)25-16-23(15-24-21,13-19-9-5-3-6-10-19)14-20-11-7-4-8-12-20/h3-12H,13-16H2,1-2H3. The van der Waals surface area contributed by atoms with Gasteiger partial charge in [0.1, 0.15) is 0 Å². The molecule has 2 aromatic carbocycles. The van der Waals surface area contributed by atoms with E-state index in [4.69, 9.17) is 9.47 Å². The molecule has 0 saturated carbocycles. The van der Waals surface area contributed by atoms with E-state index in [1.165, 1.54) is 20.0 Å². The summed E-state index contributed by atoms with van der Waals surface area (Å²) in [7, 11) is 0. The van der Waals surface area contributed by atoms with Crippen LogP contribution in [0, 0.1) is 19.3 Å². The summed E-state index contributed by atoms with van der Waals surface area (Å²) in [5, 5.41) is 0. The Morgan fingerprint density at radius 3 is 1.58 bits per heavy atom. The second-order valence-corrected chi connectivity index (χ2v) is 10.3. The van der Waals surface area contributed by atoms with Crippen molar-refractivity contribution in [1.82, 2.24) is 0 Å². The van der Waals surface area contributed by atoms with Crippen molar-refractivity contribution in [3.63, 3.8) is 0 Å². The van der Waals surface area contributed by atoms with Crippen LogP contribution in [0.25, 0.3) is 0 Å². The van der Waals surface area contributed by atoms with Crippen LogP contribution in [0.5, 0.6) is 11.5 Å². The van der Waals surface area contributed by atoms with Crippen molar-refractivity contribution in [3.8, 4) is 11.5 Å². The van der Waals surface area contributed by atoms with Gasteiger partial charge < -0.3 is 0 Å². The third-order valence-electron chi connectivity index (χ3n) is 5.04. The molecular formula is C23H24O2Se. The van der Waals surface area contributed by atoms with E-state index in [-0.39, 0.29) is 5.41 Å². The van der Waals surface area contributed by atoms with E-state index in [2.05, 4.69) is 74.5 Å². The van der Waals surface area contributed by atoms with E-state index < -0.39 is 0 Å². The molecule has 0 radical (unpaired) electrons. The Bertz CT molecular complexity index is 796. The van der Waals surface area contributed by atoms with Crippen LogP contribution in [0.4, 0.5) is 0 Å². The van der Waals surface area contributed by atoms with Gasteiger partial charge in [-0.05, 0) is 0 Å². The molecule has 0 unspecified atom stereocenters. The molecule has 0 fully saturated rings. The Morgan fingerprint density at radius 1 is 0.731 bits per heavy atom. The molecule has 0 spiro atoms.